The van der Waals surface area contributed by atoms with Crippen LogP contribution in [0.1, 0.15) is 18.8 Å². The molecule has 0 aliphatic carbocycles. The summed E-state index contributed by atoms with van der Waals surface area (Å²) < 4.78 is 1.87. The predicted molar refractivity (Wildman–Crippen MR) is 74.1 cm³/mol. The molecule has 19 heavy (non-hydrogen) atoms. The summed E-state index contributed by atoms with van der Waals surface area (Å²) in [4.78, 5) is 7.52. The summed E-state index contributed by atoms with van der Waals surface area (Å²) in [5.41, 5.74) is 0.764. The van der Waals surface area contributed by atoms with Gasteiger partial charge < -0.3 is 14.9 Å². The largest absolute Gasteiger partial charge is 0.360 e. The van der Waals surface area contributed by atoms with Gasteiger partial charge in [-0.2, -0.15) is 0 Å². The Hall–Kier alpha value is -2.08. The molecule has 1 atom stereocenters. The first-order valence-corrected chi connectivity index (χ1v) is 6.27. The molecule has 3 rings (SSSR count). The number of nitrogens with zero attached hydrogens (tertiary/aromatic N) is 4. The van der Waals surface area contributed by atoms with Crippen molar-refractivity contribution in [3.05, 3.63) is 35.5 Å². The van der Waals surface area contributed by atoms with Crippen LogP contribution in [0.4, 0.5) is 5.82 Å². The Kier molecular flexibility index (Phi) is 2.87. The maximum atomic E-state index is 6.21. The topological polar surface area (TPSA) is 71.4 Å². The fourth-order valence-corrected chi connectivity index (χ4v) is 2.30. The first-order valence-electron chi connectivity index (χ1n) is 5.89. The van der Waals surface area contributed by atoms with E-state index >= 15 is 0 Å². The van der Waals surface area contributed by atoms with Crippen LogP contribution in [0.3, 0.4) is 0 Å². The number of aromatic amines is 1. The number of rotatable bonds is 3. The van der Waals surface area contributed by atoms with E-state index in [-0.39, 0.29) is 6.04 Å². The average Bonchev–Trinajstić information content (AvgIpc) is 2.97. The molecule has 0 spiro atoms. The van der Waals surface area contributed by atoms with Crippen molar-refractivity contribution in [1.29, 1.82) is 0 Å². The van der Waals surface area contributed by atoms with Gasteiger partial charge in [-0.1, -0.05) is 11.6 Å². The average molecular weight is 277 g/mol. The zero-order chi connectivity index (χ0) is 13.4. The number of fused-ring (bicyclic) bond motifs is 1. The van der Waals surface area contributed by atoms with Crippen molar-refractivity contribution in [3.63, 3.8) is 0 Å². The van der Waals surface area contributed by atoms with Crippen LogP contribution < -0.4 is 5.32 Å². The van der Waals surface area contributed by atoms with Gasteiger partial charge in [0.1, 0.15) is 17.8 Å². The summed E-state index contributed by atoms with van der Waals surface area (Å²) in [6, 6.07) is 3.70. The van der Waals surface area contributed by atoms with Gasteiger partial charge in [-0.25, -0.2) is 4.98 Å². The Morgan fingerprint density at radius 3 is 3.05 bits per heavy atom. The molecule has 0 aliphatic heterocycles. The van der Waals surface area contributed by atoms with E-state index in [4.69, 9.17) is 11.6 Å². The highest BCUT2D eigenvalue weighted by molar-refractivity contribution is 6.35. The molecule has 3 aromatic heterocycles. The first-order chi connectivity index (χ1) is 9.15. The van der Waals surface area contributed by atoms with Gasteiger partial charge in [0, 0.05) is 18.6 Å². The number of H-pyrrole nitrogens is 1. The lowest BCUT2D eigenvalue weighted by Gasteiger charge is -2.13. The van der Waals surface area contributed by atoms with Crippen LogP contribution in [-0.2, 0) is 7.05 Å². The Labute approximate surface area is 114 Å². The molecule has 0 aliphatic rings. The second-order valence-corrected chi connectivity index (χ2v) is 4.80. The summed E-state index contributed by atoms with van der Waals surface area (Å²) >= 11 is 6.21. The number of nitrogens with one attached hydrogen (secondary N) is 2. The second kappa shape index (κ2) is 4.55. The predicted octanol–water partition coefficient (Wildman–Crippen LogP) is 2.52. The van der Waals surface area contributed by atoms with Crippen LogP contribution in [0.15, 0.2) is 24.7 Å². The van der Waals surface area contributed by atoms with Crippen molar-refractivity contribution in [1.82, 2.24) is 24.7 Å². The van der Waals surface area contributed by atoms with Gasteiger partial charge in [0.15, 0.2) is 5.82 Å². The highest BCUT2D eigenvalue weighted by Crippen LogP contribution is 2.25. The smallest absolute Gasteiger partial charge is 0.154 e. The summed E-state index contributed by atoms with van der Waals surface area (Å²) in [6.07, 6.45) is 3.49. The number of hydrogen-bond donors (Lipinski definition) is 2. The number of pyridine rings is 1. The summed E-state index contributed by atoms with van der Waals surface area (Å²) in [5, 5.41) is 12.8. The molecule has 0 amide bonds. The van der Waals surface area contributed by atoms with Gasteiger partial charge >= 0.3 is 0 Å². The monoisotopic (exact) mass is 276 g/mol. The zero-order valence-corrected chi connectivity index (χ0v) is 11.3. The van der Waals surface area contributed by atoms with Crippen molar-refractivity contribution in [2.24, 2.45) is 7.05 Å². The highest BCUT2D eigenvalue weighted by Gasteiger charge is 2.13. The van der Waals surface area contributed by atoms with E-state index in [1.165, 1.54) is 0 Å². The highest BCUT2D eigenvalue weighted by atomic mass is 35.5. The number of aromatic nitrogens is 5. The molecule has 0 radical (unpaired) electrons. The number of anilines is 1. The molecular formula is C12H13ClN6. The Morgan fingerprint density at radius 2 is 2.32 bits per heavy atom. The molecule has 0 saturated heterocycles. The van der Waals surface area contributed by atoms with Crippen molar-refractivity contribution in [2.45, 2.75) is 13.0 Å². The molecule has 3 aromatic rings. The number of halogens is 1. The van der Waals surface area contributed by atoms with Crippen molar-refractivity contribution < 1.29 is 0 Å². The van der Waals surface area contributed by atoms with Crippen LogP contribution in [0, 0.1) is 0 Å². The van der Waals surface area contributed by atoms with Crippen LogP contribution in [0.25, 0.3) is 11.0 Å². The molecule has 2 N–H and O–H groups in total. The minimum Gasteiger partial charge on any atom is -0.360 e. The number of hydrogen-bond acceptors (Lipinski definition) is 4. The van der Waals surface area contributed by atoms with Crippen LogP contribution in [0.2, 0.25) is 5.02 Å². The Bertz CT molecular complexity index is 716. The van der Waals surface area contributed by atoms with Gasteiger partial charge in [-0.15, -0.1) is 10.2 Å². The normalized spacial score (nSPS) is 12.8. The molecule has 0 bridgehead atoms. The van der Waals surface area contributed by atoms with Crippen molar-refractivity contribution in [2.75, 3.05) is 5.32 Å². The summed E-state index contributed by atoms with van der Waals surface area (Å²) in [6.45, 7) is 2.00. The summed E-state index contributed by atoms with van der Waals surface area (Å²) in [7, 11) is 1.90. The van der Waals surface area contributed by atoms with E-state index in [0.29, 0.717) is 10.8 Å². The molecule has 98 valence electrons. The molecule has 0 aromatic carbocycles. The lowest BCUT2D eigenvalue weighted by molar-refractivity contribution is 0.717. The third kappa shape index (κ3) is 2.15. The maximum absolute atomic E-state index is 6.21. The quantitative estimate of drug-likeness (QED) is 0.771. The van der Waals surface area contributed by atoms with Crippen LogP contribution in [0.5, 0.6) is 0 Å². The minimum atomic E-state index is -0.0107. The van der Waals surface area contributed by atoms with Crippen LogP contribution >= 0.6 is 11.6 Å². The second-order valence-electron chi connectivity index (χ2n) is 4.40. The van der Waals surface area contributed by atoms with Gasteiger partial charge in [0.2, 0.25) is 0 Å². The van der Waals surface area contributed by atoms with Crippen molar-refractivity contribution >= 4 is 28.5 Å². The summed E-state index contributed by atoms with van der Waals surface area (Å²) in [5.74, 6) is 1.54. The molecule has 0 saturated carbocycles. The third-order valence-electron chi connectivity index (χ3n) is 2.98. The lowest BCUT2D eigenvalue weighted by Crippen LogP contribution is -2.12. The Morgan fingerprint density at radius 1 is 1.47 bits per heavy atom. The van der Waals surface area contributed by atoms with E-state index in [1.54, 1.807) is 6.33 Å². The molecule has 0 fully saturated rings. The number of aryl methyl sites for hydroxylation is 1. The lowest BCUT2D eigenvalue weighted by atomic mass is 10.3. The van der Waals surface area contributed by atoms with E-state index in [0.717, 1.165) is 16.9 Å². The molecule has 7 heteroatoms. The zero-order valence-electron chi connectivity index (χ0n) is 10.6. The molecule has 1 unspecified atom stereocenters. The fourth-order valence-electron chi connectivity index (χ4n) is 2.04. The van der Waals surface area contributed by atoms with Crippen LogP contribution in [-0.4, -0.2) is 24.7 Å². The third-order valence-corrected chi connectivity index (χ3v) is 3.29. The van der Waals surface area contributed by atoms with E-state index in [2.05, 4.69) is 25.5 Å². The fraction of sp³-hybridized carbons (Fsp3) is 0.250. The SMILES string of the molecule is CC(Nc1cc(Cl)c2cc[nH]c2n1)c1nncn1C. The molecule has 3 heterocycles. The van der Waals surface area contributed by atoms with Gasteiger partial charge in [0.05, 0.1) is 11.1 Å². The van der Waals surface area contributed by atoms with E-state index in [9.17, 15) is 0 Å². The minimum absolute atomic E-state index is 0.0107. The van der Waals surface area contributed by atoms with E-state index < -0.39 is 0 Å². The Balaban J connectivity index is 1.91. The van der Waals surface area contributed by atoms with Gasteiger partial charge in [0.25, 0.3) is 0 Å². The van der Waals surface area contributed by atoms with Gasteiger partial charge in [-0.05, 0) is 19.1 Å². The van der Waals surface area contributed by atoms with Gasteiger partial charge in [-0.3, -0.25) is 0 Å². The molecular weight excluding hydrogens is 264 g/mol. The standard InChI is InChI=1S/C12H13ClN6/c1-7(12-18-15-6-19(12)2)16-10-5-9(13)8-3-4-14-11(8)17-10/h3-7H,1-2H3,(H2,14,16,17). The first kappa shape index (κ1) is 12.0. The maximum Gasteiger partial charge on any atom is 0.154 e. The molecule has 6 nitrogen and oxygen atoms in total. The van der Waals surface area contributed by atoms with E-state index in [1.807, 2.05) is 36.9 Å². The van der Waals surface area contributed by atoms with Crippen molar-refractivity contribution in [3.8, 4) is 0 Å².